The summed E-state index contributed by atoms with van der Waals surface area (Å²) in [7, 11) is 0. The van der Waals surface area contributed by atoms with Crippen LogP contribution in [-0.2, 0) is 30.3 Å². The first kappa shape index (κ1) is 29.4. The molecule has 0 bridgehead atoms. The highest BCUT2D eigenvalue weighted by Gasteiger charge is 2.37. The van der Waals surface area contributed by atoms with E-state index in [9.17, 15) is 22.8 Å². The second-order valence-electron chi connectivity index (χ2n) is 11.2. The lowest BCUT2D eigenvalue weighted by molar-refractivity contribution is -0.137. The summed E-state index contributed by atoms with van der Waals surface area (Å²) in [5, 5.41) is 10.3. The SMILES string of the molecule is CC(NC(=O)c1ccc(-n2nc(CNC(=O)OC(C)(C)C)c3c2CCC3)c(C(F)(F)F)c1)c1nc2ccc(Cl)cc2[nH]1. The van der Waals surface area contributed by atoms with Crippen molar-refractivity contribution < 1.29 is 27.5 Å². The average Bonchev–Trinajstić information content (AvgIpc) is 3.61. The van der Waals surface area contributed by atoms with Crippen molar-refractivity contribution in [3.63, 3.8) is 0 Å². The zero-order valence-corrected chi connectivity index (χ0v) is 24.2. The second kappa shape index (κ2) is 11.0. The number of hydrogen-bond donors (Lipinski definition) is 3. The Labute approximate surface area is 244 Å². The standard InChI is InChI=1S/C29H30ClF3N6O3/c1-15(25-36-20-10-9-17(30)13-21(20)37-25)35-26(40)16-8-11-24(19(12-16)29(31,32)33)39-23-7-5-6-18(23)22(38-39)14-34-27(41)42-28(2,3)4/h8-13,15H,5-7,14H2,1-4H3,(H,34,41)(H,35,40)(H,36,37). The number of nitrogens with one attached hydrogen (secondary N) is 3. The summed E-state index contributed by atoms with van der Waals surface area (Å²) in [6.45, 7) is 6.89. The van der Waals surface area contributed by atoms with E-state index in [4.69, 9.17) is 16.3 Å². The Morgan fingerprint density at radius 2 is 1.90 bits per heavy atom. The van der Waals surface area contributed by atoms with Crippen LogP contribution in [0.3, 0.4) is 0 Å². The molecule has 0 fully saturated rings. The van der Waals surface area contributed by atoms with Gasteiger partial charge in [0.15, 0.2) is 0 Å². The van der Waals surface area contributed by atoms with Crippen LogP contribution in [0.2, 0.25) is 5.02 Å². The number of carbonyl (C=O) groups excluding carboxylic acids is 2. The van der Waals surface area contributed by atoms with E-state index in [0.29, 0.717) is 46.1 Å². The van der Waals surface area contributed by atoms with Crippen LogP contribution in [0, 0.1) is 0 Å². The van der Waals surface area contributed by atoms with Gasteiger partial charge in [-0.25, -0.2) is 14.5 Å². The zero-order valence-electron chi connectivity index (χ0n) is 23.4. The van der Waals surface area contributed by atoms with E-state index in [1.807, 2.05) is 0 Å². The fraction of sp³-hybridized carbons (Fsp3) is 0.379. The fourth-order valence-corrected chi connectivity index (χ4v) is 5.14. The highest BCUT2D eigenvalue weighted by molar-refractivity contribution is 6.31. The quantitative estimate of drug-likeness (QED) is 0.235. The van der Waals surface area contributed by atoms with E-state index in [1.165, 1.54) is 16.8 Å². The molecule has 2 amide bonds. The molecule has 2 aromatic heterocycles. The molecule has 9 nitrogen and oxygen atoms in total. The number of fused-ring (bicyclic) bond motifs is 2. The summed E-state index contributed by atoms with van der Waals surface area (Å²) in [6.07, 6.45) is -3.49. The number of amides is 2. The molecule has 222 valence electrons. The molecule has 5 rings (SSSR count). The number of nitrogens with zero attached hydrogens (tertiary/aromatic N) is 3. The molecule has 2 heterocycles. The second-order valence-corrected chi connectivity index (χ2v) is 11.6. The van der Waals surface area contributed by atoms with Crippen molar-refractivity contribution >= 4 is 34.6 Å². The highest BCUT2D eigenvalue weighted by atomic mass is 35.5. The Hall–Kier alpha value is -4.06. The first-order valence-corrected chi connectivity index (χ1v) is 13.8. The van der Waals surface area contributed by atoms with Crippen molar-refractivity contribution in [3.8, 4) is 5.69 Å². The van der Waals surface area contributed by atoms with Gasteiger partial charge in [-0.1, -0.05) is 11.6 Å². The number of alkyl halides is 3. The number of hydrogen-bond acceptors (Lipinski definition) is 5. The topological polar surface area (TPSA) is 114 Å². The molecule has 0 saturated heterocycles. The Bertz CT molecular complexity index is 1670. The average molecular weight is 603 g/mol. The van der Waals surface area contributed by atoms with Crippen LogP contribution in [0.4, 0.5) is 18.0 Å². The maximum absolute atomic E-state index is 14.4. The van der Waals surface area contributed by atoms with Crippen molar-refractivity contribution in [3.05, 3.63) is 75.3 Å². The number of imidazole rings is 1. The third kappa shape index (κ3) is 6.23. The molecule has 13 heteroatoms. The predicted molar refractivity (Wildman–Crippen MR) is 151 cm³/mol. The normalized spacial score (nSPS) is 14.1. The molecule has 1 atom stereocenters. The van der Waals surface area contributed by atoms with Gasteiger partial charge in [0.25, 0.3) is 5.91 Å². The zero-order chi connectivity index (χ0) is 30.4. The smallest absolute Gasteiger partial charge is 0.418 e. The number of carbonyl (C=O) groups is 2. The fourth-order valence-electron chi connectivity index (χ4n) is 4.97. The van der Waals surface area contributed by atoms with Gasteiger partial charge < -0.3 is 20.4 Å². The molecule has 1 aliphatic carbocycles. The first-order chi connectivity index (χ1) is 19.7. The lowest BCUT2D eigenvalue weighted by atomic mass is 10.1. The van der Waals surface area contributed by atoms with Gasteiger partial charge in [0.1, 0.15) is 11.4 Å². The predicted octanol–water partition coefficient (Wildman–Crippen LogP) is 6.43. The van der Waals surface area contributed by atoms with Crippen LogP contribution in [0.15, 0.2) is 36.4 Å². The summed E-state index contributed by atoms with van der Waals surface area (Å²) in [6, 6.07) is 7.92. The monoisotopic (exact) mass is 602 g/mol. The molecule has 42 heavy (non-hydrogen) atoms. The Morgan fingerprint density at radius 3 is 2.62 bits per heavy atom. The minimum Gasteiger partial charge on any atom is -0.444 e. The third-order valence-corrected chi connectivity index (χ3v) is 7.06. The number of H-pyrrole nitrogens is 1. The molecule has 0 radical (unpaired) electrons. The number of alkyl carbamates (subject to hydrolysis) is 1. The Morgan fingerprint density at radius 1 is 1.14 bits per heavy atom. The van der Waals surface area contributed by atoms with Gasteiger partial charge in [0, 0.05) is 16.3 Å². The summed E-state index contributed by atoms with van der Waals surface area (Å²) >= 11 is 6.02. The lowest BCUT2D eigenvalue weighted by Gasteiger charge is -2.19. The van der Waals surface area contributed by atoms with Crippen molar-refractivity contribution in [2.24, 2.45) is 0 Å². The van der Waals surface area contributed by atoms with Gasteiger partial charge in [-0.15, -0.1) is 0 Å². The van der Waals surface area contributed by atoms with Gasteiger partial charge in [-0.05, 0) is 88.9 Å². The highest BCUT2D eigenvalue weighted by Crippen LogP contribution is 2.37. The van der Waals surface area contributed by atoms with Crippen LogP contribution in [0.5, 0.6) is 0 Å². The van der Waals surface area contributed by atoms with Gasteiger partial charge in [0.05, 0.1) is 40.6 Å². The summed E-state index contributed by atoms with van der Waals surface area (Å²) in [5.74, 6) is -0.251. The number of rotatable bonds is 6. The van der Waals surface area contributed by atoms with Crippen LogP contribution in [0.25, 0.3) is 16.7 Å². The molecule has 0 aliphatic heterocycles. The molecule has 2 aromatic carbocycles. The number of aromatic amines is 1. The number of halogens is 4. The van der Waals surface area contributed by atoms with Crippen LogP contribution < -0.4 is 10.6 Å². The number of aromatic nitrogens is 4. The minimum absolute atomic E-state index is 0.0119. The molecule has 4 aromatic rings. The van der Waals surface area contributed by atoms with Crippen LogP contribution in [0.1, 0.15) is 78.9 Å². The molecule has 1 aliphatic rings. The molecule has 0 saturated carbocycles. The molecule has 0 spiro atoms. The minimum atomic E-state index is -4.76. The van der Waals surface area contributed by atoms with Crippen molar-refractivity contribution in [1.29, 1.82) is 0 Å². The summed E-state index contributed by atoms with van der Waals surface area (Å²) < 4.78 is 49.6. The van der Waals surface area contributed by atoms with Crippen molar-refractivity contribution in [1.82, 2.24) is 30.4 Å². The van der Waals surface area contributed by atoms with E-state index < -0.39 is 35.4 Å². The van der Waals surface area contributed by atoms with Crippen LogP contribution in [-0.4, -0.2) is 37.3 Å². The number of ether oxygens (including phenoxy) is 1. The van der Waals surface area contributed by atoms with Gasteiger partial charge in [-0.2, -0.15) is 18.3 Å². The maximum Gasteiger partial charge on any atom is 0.418 e. The molecular formula is C29H30ClF3N6O3. The van der Waals surface area contributed by atoms with E-state index in [0.717, 1.165) is 18.1 Å². The van der Waals surface area contributed by atoms with Crippen molar-refractivity contribution in [2.45, 2.75) is 71.3 Å². The van der Waals surface area contributed by atoms with E-state index >= 15 is 0 Å². The van der Waals surface area contributed by atoms with Gasteiger partial charge in [0.2, 0.25) is 0 Å². The van der Waals surface area contributed by atoms with Gasteiger partial charge in [-0.3, -0.25) is 4.79 Å². The van der Waals surface area contributed by atoms with Crippen molar-refractivity contribution in [2.75, 3.05) is 0 Å². The van der Waals surface area contributed by atoms with Crippen LogP contribution >= 0.6 is 11.6 Å². The Balaban J connectivity index is 1.40. The molecule has 3 N–H and O–H groups in total. The molecule has 1 unspecified atom stereocenters. The third-order valence-electron chi connectivity index (χ3n) is 6.82. The van der Waals surface area contributed by atoms with E-state index in [1.54, 1.807) is 45.9 Å². The van der Waals surface area contributed by atoms with E-state index in [2.05, 4.69) is 25.7 Å². The summed E-state index contributed by atoms with van der Waals surface area (Å²) in [5.41, 5.74) is 1.21. The first-order valence-electron chi connectivity index (χ1n) is 13.4. The van der Waals surface area contributed by atoms with E-state index in [-0.39, 0.29) is 17.8 Å². The van der Waals surface area contributed by atoms with Gasteiger partial charge >= 0.3 is 12.3 Å². The number of benzene rings is 2. The molecular weight excluding hydrogens is 573 g/mol. The summed E-state index contributed by atoms with van der Waals surface area (Å²) in [4.78, 5) is 32.7. The largest absolute Gasteiger partial charge is 0.444 e. The maximum atomic E-state index is 14.4. The lowest BCUT2D eigenvalue weighted by Crippen LogP contribution is -2.32. The Kier molecular flexibility index (Phi) is 7.69.